The Kier molecular flexibility index (Phi) is 9.23. The van der Waals surface area contributed by atoms with Crippen molar-refractivity contribution in [2.45, 2.75) is 26.7 Å². The summed E-state index contributed by atoms with van der Waals surface area (Å²) in [5.74, 6) is 0.678. The van der Waals surface area contributed by atoms with E-state index in [1.54, 1.807) is 21.9 Å². The Morgan fingerprint density at radius 1 is 1.19 bits per heavy atom. The van der Waals surface area contributed by atoms with Gasteiger partial charge in [0.05, 0.1) is 34.9 Å². The summed E-state index contributed by atoms with van der Waals surface area (Å²) < 4.78 is 12.0. The second kappa shape index (κ2) is 12.6. The number of hydrogen-bond donors (Lipinski definition) is 0. The van der Waals surface area contributed by atoms with Crippen LogP contribution in [0.15, 0.2) is 56.8 Å². The van der Waals surface area contributed by atoms with Crippen molar-refractivity contribution in [3.63, 3.8) is 0 Å². The van der Waals surface area contributed by atoms with Crippen molar-refractivity contribution in [1.29, 1.82) is 0 Å². The van der Waals surface area contributed by atoms with Gasteiger partial charge in [-0.2, -0.15) is 0 Å². The number of morpholine rings is 1. The predicted molar refractivity (Wildman–Crippen MR) is 148 cm³/mol. The molecule has 0 bridgehead atoms. The molecule has 2 heterocycles. The molecule has 0 atom stereocenters. The van der Waals surface area contributed by atoms with Crippen LogP contribution in [0.5, 0.6) is 5.75 Å². The molecule has 9 heteroatoms. The van der Waals surface area contributed by atoms with Gasteiger partial charge in [0.25, 0.3) is 11.8 Å². The molecule has 2 aromatic rings. The maximum Gasteiger partial charge on any atom is 0.266 e. The molecule has 0 unspecified atom stereocenters. The summed E-state index contributed by atoms with van der Waals surface area (Å²) in [6, 6.07) is 13.1. The number of ether oxygens (including phenoxy) is 2. The number of thioether (sulfide) groups is 1. The van der Waals surface area contributed by atoms with E-state index in [1.165, 1.54) is 11.8 Å². The van der Waals surface area contributed by atoms with Gasteiger partial charge < -0.3 is 14.4 Å². The smallest absolute Gasteiger partial charge is 0.266 e. The van der Waals surface area contributed by atoms with Crippen LogP contribution in [0.2, 0.25) is 0 Å². The zero-order chi connectivity index (χ0) is 25.5. The fourth-order valence-electron chi connectivity index (χ4n) is 3.84. The summed E-state index contributed by atoms with van der Waals surface area (Å²) in [7, 11) is 0. The lowest BCUT2D eigenvalue weighted by Crippen LogP contribution is -2.40. The Morgan fingerprint density at radius 3 is 2.72 bits per heavy atom. The molecular weight excluding hydrogens is 542 g/mol. The van der Waals surface area contributed by atoms with Gasteiger partial charge in [-0.3, -0.25) is 14.5 Å². The second-order valence-electron chi connectivity index (χ2n) is 8.40. The lowest BCUT2D eigenvalue weighted by atomic mass is 10.1. The normalized spacial score (nSPS) is 18.4. The SMILES string of the molecule is CCCCOc1ccc(/C=C2/SC(=Nc3cccc(C(=O)N4CCOCC4)c3)N(CC)C2=O)cc1Br. The average Bonchev–Trinajstić information content (AvgIpc) is 3.18. The van der Waals surface area contributed by atoms with E-state index in [-0.39, 0.29) is 11.8 Å². The van der Waals surface area contributed by atoms with Gasteiger partial charge in [0.2, 0.25) is 0 Å². The number of rotatable bonds is 8. The van der Waals surface area contributed by atoms with E-state index in [4.69, 9.17) is 14.5 Å². The van der Waals surface area contributed by atoms with Gasteiger partial charge in [0, 0.05) is 25.2 Å². The number of unbranched alkanes of at least 4 members (excludes halogenated alkanes) is 1. The fourth-order valence-corrected chi connectivity index (χ4v) is 5.41. The van der Waals surface area contributed by atoms with Crippen molar-refractivity contribution in [3.05, 3.63) is 63.0 Å². The summed E-state index contributed by atoms with van der Waals surface area (Å²) >= 11 is 4.91. The molecule has 4 rings (SSSR count). The van der Waals surface area contributed by atoms with Crippen molar-refractivity contribution >= 4 is 56.4 Å². The Hall–Kier alpha value is -2.62. The van der Waals surface area contributed by atoms with Crippen LogP contribution in [0.1, 0.15) is 42.6 Å². The molecule has 0 aromatic heterocycles. The summed E-state index contributed by atoms with van der Waals surface area (Å²) in [5, 5.41) is 0.600. The summed E-state index contributed by atoms with van der Waals surface area (Å²) in [6.45, 7) is 7.51. The van der Waals surface area contributed by atoms with Crippen LogP contribution >= 0.6 is 27.7 Å². The first-order valence-corrected chi connectivity index (χ1v) is 13.8. The molecule has 0 radical (unpaired) electrons. The quantitative estimate of drug-likeness (QED) is 0.299. The van der Waals surface area contributed by atoms with Gasteiger partial charge in [0.1, 0.15) is 5.75 Å². The Morgan fingerprint density at radius 2 is 2.00 bits per heavy atom. The van der Waals surface area contributed by atoms with Crippen LogP contribution in [0.25, 0.3) is 6.08 Å². The molecule has 7 nitrogen and oxygen atoms in total. The second-order valence-corrected chi connectivity index (χ2v) is 10.3. The molecule has 36 heavy (non-hydrogen) atoms. The predicted octanol–water partition coefficient (Wildman–Crippen LogP) is 5.72. The first-order chi connectivity index (χ1) is 17.5. The van der Waals surface area contributed by atoms with Gasteiger partial charge in [-0.25, -0.2) is 4.99 Å². The first-order valence-electron chi connectivity index (χ1n) is 12.2. The van der Waals surface area contributed by atoms with E-state index >= 15 is 0 Å². The molecule has 2 fully saturated rings. The van der Waals surface area contributed by atoms with Crippen molar-refractivity contribution in [3.8, 4) is 5.75 Å². The number of carbonyl (C=O) groups excluding carboxylic acids is 2. The molecule has 0 N–H and O–H groups in total. The number of hydrogen-bond acceptors (Lipinski definition) is 6. The van der Waals surface area contributed by atoms with Gasteiger partial charge >= 0.3 is 0 Å². The van der Waals surface area contributed by atoms with Gasteiger partial charge in [-0.15, -0.1) is 0 Å². The van der Waals surface area contributed by atoms with Crippen LogP contribution in [0.3, 0.4) is 0 Å². The van der Waals surface area contributed by atoms with Crippen LogP contribution < -0.4 is 4.74 Å². The molecule has 0 spiro atoms. The van der Waals surface area contributed by atoms with E-state index < -0.39 is 0 Å². The highest BCUT2D eigenvalue weighted by atomic mass is 79.9. The largest absolute Gasteiger partial charge is 0.492 e. The van der Waals surface area contributed by atoms with Crippen molar-refractivity contribution < 1.29 is 19.1 Å². The van der Waals surface area contributed by atoms with Gasteiger partial charge in [0.15, 0.2) is 5.17 Å². The van der Waals surface area contributed by atoms with Crippen molar-refractivity contribution in [2.75, 3.05) is 39.5 Å². The lowest BCUT2D eigenvalue weighted by molar-refractivity contribution is -0.122. The number of amidine groups is 1. The van der Waals surface area contributed by atoms with E-state index in [1.807, 2.05) is 43.3 Å². The monoisotopic (exact) mass is 571 g/mol. The molecule has 2 amide bonds. The van der Waals surface area contributed by atoms with E-state index in [9.17, 15) is 9.59 Å². The van der Waals surface area contributed by atoms with Crippen LogP contribution in [0, 0.1) is 0 Å². The molecule has 2 saturated heterocycles. The minimum absolute atomic E-state index is 0.0314. The number of likely N-dealkylation sites (N-methyl/N-ethyl adjacent to an activating group) is 1. The zero-order valence-electron chi connectivity index (χ0n) is 20.5. The first kappa shape index (κ1) is 26.4. The van der Waals surface area contributed by atoms with E-state index in [0.29, 0.717) is 60.8 Å². The van der Waals surface area contributed by atoms with Gasteiger partial charge in [-0.05, 0) is 83.0 Å². The molecule has 2 aromatic carbocycles. The van der Waals surface area contributed by atoms with E-state index in [0.717, 1.165) is 28.6 Å². The van der Waals surface area contributed by atoms with E-state index in [2.05, 4.69) is 22.9 Å². The molecular formula is C27H30BrN3O4S. The third kappa shape index (κ3) is 6.38. The standard InChI is InChI=1S/C27H30BrN3O4S/c1-3-5-13-35-23-10-9-19(16-22(23)28)17-24-26(33)31(4-2)27(36-24)29-21-8-6-7-20(18-21)25(32)30-11-14-34-15-12-30/h6-10,16-18H,3-5,11-15H2,1-2H3/b24-17+,29-27?. The lowest BCUT2D eigenvalue weighted by Gasteiger charge is -2.26. The molecule has 2 aliphatic rings. The summed E-state index contributed by atoms with van der Waals surface area (Å²) in [4.78, 5) is 34.8. The number of benzene rings is 2. The Bertz CT molecular complexity index is 1180. The number of carbonyl (C=O) groups is 2. The highest BCUT2D eigenvalue weighted by Crippen LogP contribution is 2.35. The van der Waals surface area contributed by atoms with Crippen molar-refractivity contribution in [1.82, 2.24) is 9.80 Å². The Labute approximate surface area is 224 Å². The minimum atomic E-state index is -0.0822. The minimum Gasteiger partial charge on any atom is -0.492 e. The van der Waals surface area contributed by atoms with Crippen LogP contribution in [-0.2, 0) is 9.53 Å². The van der Waals surface area contributed by atoms with Crippen LogP contribution in [-0.4, -0.2) is 66.2 Å². The highest BCUT2D eigenvalue weighted by molar-refractivity contribution is 9.10. The maximum atomic E-state index is 13.1. The van der Waals surface area contributed by atoms with Crippen molar-refractivity contribution in [2.24, 2.45) is 4.99 Å². The van der Waals surface area contributed by atoms with Crippen LogP contribution in [0.4, 0.5) is 5.69 Å². The molecule has 0 saturated carbocycles. The fraction of sp³-hybridized carbons (Fsp3) is 0.370. The Balaban J connectivity index is 1.53. The maximum absolute atomic E-state index is 13.1. The topological polar surface area (TPSA) is 71.4 Å². The molecule has 0 aliphatic carbocycles. The highest BCUT2D eigenvalue weighted by Gasteiger charge is 2.32. The van der Waals surface area contributed by atoms with Gasteiger partial charge in [-0.1, -0.05) is 25.5 Å². The number of halogens is 1. The molecule has 190 valence electrons. The third-order valence-electron chi connectivity index (χ3n) is 5.83. The molecule has 2 aliphatic heterocycles. The summed E-state index contributed by atoms with van der Waals surface area (Å²) in [6.07, 6.45) is 3.95. The third-order valence-corrected chi connectivity index (χ3v) is 7.46. The number of aliphatic imine (C=N–C) groups is 1. The number of nitrogens with zero attached hydrogens (tertiary/aromatic N) is 3. The zero-order valence-corrected chi connectivity index (χ0v) is 22.9. The average molecular weight is 573 g/mol. The summed E-state index contributed by atoms with van der Waals surface area (Å²) in [5.41, 5.74) is 2.12. The number of amides is 2.